The van der Waals surface area contributed by atoms with Gasteiger partial charge in [-0.2, -0.15) is 0 Å². The predicted molar refractivity (Wildman–Crippen MR) is 46.8 cm³/mol. The first kappa shape index (κ1) is 10.2. The summed E-state index contributed by atoms with van der Waals surface area (Å²) in [6.07, 6.45) is 0.0697. The highest BCUT2D eigenvalue weighted by atomic mass is 16.6. The van der Waals surface area contributed by atoms with E-state index in [9.17, 15) is 0 Å². The van der Waals surface area contributed by atoms with E-state index < -0.39 is 0 Å². The number of oxime groups is 1. The molecule has 1 atom stereocenters. The molecule has 1 aliphatic rings. The topological polar surface area (TPSA) is 89.1 Å². The average molecular weight is 189 g/mol. The van der Waals surface area contributed by atoms with Crippen LogP contribution >= 0.6 is 0 Å². The molecule has 6 nitrogen and oxygen atoms in total. The molecule has 1 heterocycles. The molecule has 1 rings (SSSR count). The molecule has 0 radical (unpaired) electrons. The molecule has 0 amide bonds. The van der Waals surface area contributed by atoms with E-state index in [2.05, 4.69) is 10.5 Å². The molecule has 0 bridgehead atoms. The summed E-state index contributed by atoms with van der Waals surface area (Å²) in [5.41, 5.74) is 5.25. The lowest BCUT2D eigenvalue weighted by Gasteiger charge is -2.22. The van der Waals surface area contributed by atoms with Crippen LogP contribution < -0.4 is 11.1 Å². The van der Waals surface area contributed by atoms with E-state index in [-0.39, 0.29) is 11.9 Å². The summed E-state index contributed by atoms with van der Waals surface area (Å²) >= 11 is 0. The van der Waals surface area contributed by atoms with Crippen molar-refractivity contribution in [1.82, 2.24) is 5.32 Å². The van der Waals surface area contributed by atoms with E-state index in [0.29, 0.717) is 32.9 Å². The minimum absolute atomic E-state index is 0.0697. The van der Waals surface area contributed by atoms with Gasteiger partial charge in [0.05, 0.1) is 32.5 Å². The maximum atomic E-state index is 8.24. The van der Waals surface area contributed by atoms with Gasteiger partial charge in [-0.05, 0) is 0 Å². The molecular formula is C7H15N3O3. The standard InChI is InChI=1S/C7H15N3O3/c8-7(10-11)4-9-3-6-5-12-1-2-13-6/h6,9,11H,1-5H2,(H2,8,10). The Kier molecular flexibility index (Phi) is 4.52. The summed E-state index contributed by atoms with van der Waals surface area (Å²) < 4.78 is 10.6. The zero-order chi connectivity index (χ0) is 9.52. The second-order valence-corrected chi connectivity index (χ2v) is 2.79. The minimum atomic E-state index is 0.0697. The highest BCUT2D eigenvalue weighted by Gasteiger charge is 2.13. The maximum Gasteiger partial charge on any atom is 0.153 e. The Morgan fingerprint density at radius 2 is 2.46 bits per heavy atom. The lowest BCUT2D eigenvalue weighted by Crippen LogP contribution is -2.40. The molecule has 0 aromatic rings. The van der Waals surface area contributed by atoms with Gasteiger partial charge < -0.3 is 25.7 Å². The molecule has 1 saturated heterocycles. The Balaban J connectivity index is 2.04. The van der Waals surface area contributed by atoms with Crippen LogP contribution in [0, 0.1) is 0 Å². The predicted octanol–water partition coefficient (Wildman–Crippen LogP) is -1.26. The second-order valence-electron chi connectivity index (χ2n) is 2.79. The lowest BCUT2D eigenvalue weighted by atomic mass is 10.3. The molecule has 1 aliphatic heterocycles. The van der Waals surface area contributed by atoms with Crippen molar-refractivity contribution in [3.8, 4) is 0 Å². The summed E-state index contributed by atoms with van der Waals surface area (Å²) in [4.78, 5) is 0. The smallest absolute Gasteiger partial charge is 0.153 e. The van der Waals surface area contributed by atoms with Gasteiger partial charge in [-0.3, -0.25) is 0 Å². The lowest BCUT2D eigenvalue weighted by molar-refractivity contribution is -0.0860. The molecule has 13 heavy (non-hydrogen) atoms. The van der Waals surface area contributed by atoms with Crippen molar-refractivity contribution in [2.24, 2.45) is 10.9 Å². The van der Waals surface area contributed by atoms with Crippen LogP contribution in [0.4, 0.5) is 0 Å². The van der Waals surface area contributed by atoms with Crippen molar-refractivity contribution >= 4 is 5.84 Å². The van der Waals surface area contributed by atoms with Gasteiger partial charge >= 0.3 is 0 Å². The first-order chi connectivity index (χ1) is 6.33. The number of nitrogens with two attached hydrogens (primary N) is 1. The Morgan fingerprint density at radius 3 is 3.08 bits per heavy atom. The molecule has 0 spiro atoms. The largest absolute Gasteiger partial charge is 0.409 e. The molecule has 76 valence electrons. The third-order valence-electron chi connectivity index (χ3n) is 1.69. The molecule has 0 aromatic heterocycles. The number of ether oxygens (including phenoxy) is 2. The van der Waals surface area contributed by atoms with Gasteiger partial charge in [0.1, 0.15) is 0 Å². The fourth-order valence-corrected chi connectivity index (χ4v) is 1.05. The van der Waals surface area contributed by atoms with Crippen molar-refractivity contribution in [3.05, 3.63) is 0 Å². The SMILES string of the molecule is NC(CNCC1COCCO1)=NO. The van der Waals surface area contributed by atoms with E-state index in [1.54, 1.807) is 0 Å². The minimum Gasteiger partial charge on any atom is -0.409 e. The number of hydrogen-bond donors (Lipinski definition) is 3. The van der Waals surface area contributed by atoms with Crippen LogP contribution in [0.25, 0.3) is 0 Å². The van der Waals surface area contributed by atoms with E-state index in [1.807, 2.05) is 0 Å². The zero-order valence-electron chi connectivity index (χ0n) is 7.40. The Labute approximate surface area is 76.7 Å². The van der Waals surface area contributed by atoms with Crippen LogP contribution in [0.2, 0.25) is 0 Å². The van der Waals surface area contributed by atoms with Crippen LogP contribution in [0.1, 0.15) is 0 Å². The highest BCUT2D eigenvalue weighted by molar-refractivity contribution is 5.81. The van der Waals surface area contributed by atoms with Crippen molar-refractivity contribution in [3.63, 3.8) is 0 Å². The third kappa shape index (κ3) is 4.07. The Bertz CT molecular complexity index is 168. The molecule has 6 heteroatoms. The average Bonchev–Trinajstić information content (AvgIpc) is 2.19. The van der Waals surface area contributed by atoms with Gasteiger partial charge in [-0.15, -0.1) is 0 Å². The monoisotopic (exact) mass is 189 g/mol. The zero-order valence-corrected chi connectivity index (χ0v) is 7.40. The quantitative estimate of drug-likeness (QED) is 0.222. The highest BCUT2D eigenvalue weighted by Crippen LogP contribution is 1.98. The summed E-state index contributed by atoms with van der Waals surface area (Å²) in [7, 11) is 0. The maximum absolute atomic E-state index is 8.24. The van der Waals surface area contributed by atoms with Gasteiger partial charge in [0.15, 0.2) is 5.84 Å². The van der Waals surface area contributed by atoms with E-state index in [0.717, 1.165) is 0 Å². The van der Waals surface area contributed by atoms with Gasteiger partial charge in [0, 0.05) is 6.54 Å². The Hall–Kier alpha value is -0.850. The molecule has 4 N–H and O–H groups in total. The number of rotatable bonds is 4. The summed E-state index contributed by atoms with van der Waals surface area (Å²) in [5, 5.41) is 14.1. The van der Waals surface area contributed by atoms with E-state index in [4.69, 9.17) is 20.4 Å². The first-order valence-electron chi connectivity index (χ1n) is 4.19. The van der Waals surface area contributed by atoms with Gasteiger partial charge in [0.25, 0.3) is 0 Å². The van der Waals surface area contributed by atoms with Crippen LogP contribution in [0.3, 0.4) is 0 Å². The Morgan fingerprint density at radius 1 is 1.62 bits per heavy atom. The summed E-state index contributed by atoms with van der Waals surface area (Å²) in [5.74, 6) is 0.164. The summed E-state index contributed by atoms with van der Waals surface area (Å²) in [6.45, 7) is 2.91. The van der Waals surface area contributed by atoms with Crippen LogP contribution in [0.15, 0.2) is 5.16 Å². The van der Waals surface area contributed by atoms with Gasteiger partial charge in [-0.25, -0.2) is 0 Å². The van der Waals surface area contributed by atoms with Crippen molar-refractivity contribution in [1.29, 1.82) is 0 Å². The van der Waals surface area contributed by atoms with E-state index in [1.165, 1.54) is 0 Å². The fourth-order valence-electron chi connectivity index (χ4n) is 1.05. The van der Waals surface area contributed by atoms with Gasteiger partial charge in [0.2, 0.25) is 0 Å². The second kappa shape index (κ2) is 5.74. The number of hydrogen-bond acceptors (Lipinski definition) is 5. The molecule has 0 aromatic carbocycles. The number of amidine groups is 1. The van der Waals surface area contributed by atoms with Crippen molar-refractivity contribution in [2.75, 3.05) is 32.9 Å². The van der Waals surface area contributed by atoms with Crippen molar-refractivity contribution < 1.29 is 14.7 Å². The molecule has 1 unspecified atom stereocenters. The molecule has 0 saturated carbocycles. The third-order valence-corrected chi connectivity index (χ3v) is 1.69. The summed E-state index contributed by atoms with van der Waals surface area (Å²) in [6, 6.07) is 0. The molecule has 1 fully saturated rings. The molecular weight excluding hydrogens is 174 g/mol. The van der Waals surface area contributed by atoms with Crippen LogP contribution in [-0.2, 0) is 9.47 Å². The normalized spacial score (nSPS) is 24.6. The van der Waals surface area contributed by atoms with E-state index >= 15 is 0 Å². The number of nitrogens with one attached hydrogen (secondary N) is 1. The van der Waals surface area contributed by atoms with Crippen molar-refractivity contribution in [2.45, 2.75) is 6.10 Å². The molecule has 0 aliphatic carbocycles. The fraction of sp³-hybridized carbons (Fsp3) is 0.857. The van der Waals surface area contributed by atoms with Gasteiger partial charge in [-0.1, -0.05) is 5.16 Å². The first-order valence-corrected chi connectivity index (χ1v) is 4.19. The number of nitrogens with zero attached hydrogens (tertiary/aromatic N) is 1. The van der Waals surface area contributed by atoms with Crippen LogP contribution in [0.5, 0.6) is 0 Å². The van der Waals surface area contributed by atoms with Crippen LogP contribution in [-0.4, -0.2) is 50.1 Å².